The Labute approximate surface area is 225 Å². The lowest BCUT2D eigenvalue weighted by molar-refractivity contribution is 0.0651. The van der Waals surface area contributed by atoms with Crippen molar-refractivity contribution in [1.82, 2.24) is 9.88 Å². The minimum Gasteiger partial charge on any atom is -0.493 e. The Bertz CT molecular complexity index is 1220. The molecule has 0 aliphatic carbocycles. The zero-order chi connectivity index (χ0) is 26.9. The van der Waals surface area contributed by atoms with Gasteiger partial charge >= 0.3 is 0 Å². The number of pyridine rings is 1. The molecule has 2 heterocycles. The highest BCUT2D eigenvalue weighted by Gasteiger charge is 2.34. The van der Waals surface area contributed by atoms with E-state index in [1.165, 1.54) is 30.6 Å². The zero-order valence-corrected chi connectivity index (χ0v) is 22.8. The first kappa shape index (κ1) is 27.4. The van der Waals surface area contributed by atoms with Crippen LogP contribution in [0, 0.1) is 0 Å². The molecule has 7 heteroatoms. The van der Waals surface area contributed by atoms with E-state index in [0.717, 1.165) is 41.6 Å². The van der Waals surface area contributed by atoms with Gasteiger partial charge in [0.25, 0.3) is 11.8 Å². The third-order valence-electron chi connectivity index (χ3n) is 7.07. The topological polar surface area (TPSA) is 80.8 Å². The fraction of sp³-hybridized carbons (Fsp3) is 0.452. The quantitative estimate of drug-likeness (QED) is 0.175. The molecule has 4 rings (SSSR count). The fourth-order valence-corrected chi connectivity index (χ4v) is 5.00. The third kappa shape index (κ3) is 6.26. The molecular weight excluding hydrogens is 478 g/mol. The molecule has 38 heavy (non-hydrogen) atoms. The molecule has 2 amide bonds. The van der Waals surface area contributed by atoms with Crippen molar-refractivity contribution in [2.75, 3.05) is 25.6 Å². The van der Waals surface area contributed by atoms with Gasteiger partial charge in [0.15, 0.2) is 11.5 Å². The number of nitrogens with zero attached hydrogens (tertiary/aromatic N) is 2. The number of anilines is 1. The standard InChI is InChI=1S/C31H39N3O4/c1-4-5-6-7-8-11-20-38-29-25-17-12-18-32-28(25)26(21-27(29)37-3)33-22(2)14-13-19-34-30(35)23-15-9-10-16-24(23)31(34)36/h9-10,12,15-18,21-22,33H,4-8,11,13-14,19-20H2,1-3H3. The smallest absolute Gasteiger partial charge is 0.261 e. The first-order valence-corrected chi connectivity index (χ1v) is 13.9. The van der Waals surface area contributed by atoms with Crippen LogP contribution >= 0.6 is 0 Å². The first-order chi connectivity index (χ1) is 18.5. The molecule has 7 nitrogen and oxygen atoms in total. The number of nitrogens with one attached hydrogen (secondary N) is 1. The first-order valence-electron chi connectivity index (χ1n) is 13.9. The maximum atomic E-state index is 12.6. The molecule has 3 aromatic rings. The Morgan fingerprint density at radius 2 is 1.66 bits per heavy atom. The number of unbranched alkanes of at least 4 members (excludes halogenated alkanes) is 5. The Kier molecular flexibility index (Phi) is 9.57. The molecule has 1 atom stereocenters. The lowest BCUT2D eigenvalue weighted by atomic mass is 10.1. The molecule has 1 N–H and O–H groups in total. The highest BCUT2D eigenvalue weighted by molar-refractivity contribution is 6.21. The summed E-state index contributed by atoms with van der Waals surface area (Å²) in [7, 11) is 1.66. The summed E-state index contributed by atoms with van der Waals surface area (Å²) < 4.78 is 11.9. The number of carbonyl (C=O) groups excluding carboxylic acids is 2. The molecule has 1 aliphatic rings. The average Bonchev–Trinajstić information content (AvgIpc) is 3.18. The monoisotopic (exact) mass is 517 g/mol. The SMILES string of the molecule is CCCCCCCCOc1c(OC)cc(NC(C)CCCN2C(=O)c3ccccc3C2=O)c2ncccc12. The number of amides is 2. The molecule has 1 aliphatic heterocycles. The molecule has 0 spiro atoms. The molecule has 0 radical (unpaired) electrons. The van der Waals surface area contributed by atoms with Crippen molar-refractivity contribution in [3.05, 3.63) is 59.8 Å². The van der Waals surface area contributed by atoms with Crippen LogP contribution in [0.1, 0.15) is 85.9 Å². The van der Waals surface area contributed by atoms with Crippen LogP contribution in [0.2, 0.25) is 0 Å². The van der Waals surface area contributed by atoms with E-state index < -0.39 is 0 Å². The van der Waals surface area contributed by atoms with Crippen LogP contribution < -0.4 is 14.8 Å². The average molecular weight is 518 g/mol. The second kappa shape index (κ2) is 13.3. The van der Waals surface area contributed by atoms with Gasteiger partial charge in [0.1, 0.15) is 0 Å². The second-order valence-corrected chi connectivity index (χ2v) is 9.97. The highest BCUT2D eigenvalue weighted by Crippen LogP contribution is 2.40. The molecular formula is C31H39N3O4. The Morgan fingerprint density at radius 3 is 2.37 bits per heavy atom. The van der Waals surface area contributed by atoms with E-state index in [1.807, 2.05) is 18.2 Å². The van der Waals surface area contributed by atoms with Crippen molar-refractivity contribution >= 4 is 28.4 Å². The van der Waals surface area contributed by atoms with Gasteiger partial charge in [0.2, 0.25) is 0 Å². The van der Waals surface area contributed by atoms with Crippen molar-refractivity contribution in [2.24, 2.45) is 0 Å². The number of hydrogen-bond donors (Lipinski definition) is 1. The summed E-state index contributed by atoms with van der Waals surface area (Å²) in [5, 5.41) is 4.48. The largest absolute Gasteiger partial charge is 0.493 e. The van der Waals surface area contributed by atoms with Crippen LogP contribution in [0.5, 0.6) is 11.5 Å². The zero-order valence-electron chi connectivity index (χ0n) is 22.8. The lowest BCUT2D eigenvalue weighted by Crippen LogP contribution is -2.31. The number of rotatable bonds is 15. The van der Waals surface area contributed by atoms with Gasteiger partial charge in [0, 0.05) is 30.2 Å². The van der Waals surface area contributed by atoms with Crippen LogP contribution in [-0.4, -0.2) is 48.0 Å². The van der Waals surface area contributed by atoms with E-state index in [-0.39, 0.29) is 17.9 Å². The van der Waals surface area contributed by atoms with Gasteiger partial charge in [-0.15, -0.1) is 0 Å². The number of benzene rings is 2. The number of imide groups is 1. The second-order valence-electron chi connectivity index (χ2n) is 9.97. The highest BCUT2D eigenvalue weighted by atomic mass is 16.5. The van der Waals surface area contributed by atoms with E-state index in [4.69, 9.17) is 9.47 Å². The third-order valence-corrected chi connectivity index (χ3v) is 7.07. The molecule has 202 valence electrons. The van der Waals surface area contributed by atoms with Crippen molar-refractivity contribution in [1.29, 1.82) is 0 Å². The Hall–Kier alpha value is -3.61. The van der Waals surface area contributed by atoms with Gasteiger partial charge in [-0.2, -0.15) is 0 Å². The van der Waals surface area contributed by atoms with Crippen LogP contribution in [0.25, 0.3) is 10.9 Å². The summed E-state index contributed by atoms with van der Waals surface area (Å²) in [6.45, 7) is 5.36. The summed E-state index contributed by atoms with van der Waals surface area (Å²) in [4.78, 5) is 31.3. The maximum absolute atomic E-state index is 12.6. The predicted molar refractivity (Wildman–Crippen MR) is 151 cm³/mol. The normalized spacial score (nSPS) is 13.6. The molecule has 2 aromatic carbocycles. The predicted octanol–water partition coefficient (Wildman–Crippen LogP) is 6.86. The van der Waals surface area contributed by atoms with Crippen LogP contribution in [0.4, 0.5) is 5.69 Å². The summed E-state index contributed by atoms with van der Waals surface area (Å²) in [6.07, 6.45) is 10.5. The Balaban J connectivity index is 1.36. The fourth-order valence-electron chi connectivity index (χ4n) is 5.00. The molecule has 0 saturated carbocycles. The minimum atomic E-state index is -0.206. The van der Waals surface area contributed by atoms with Gasteiger partial charge < -0.3 is 14.8 Å². The number of aromatic nitrogens is 1. The molecule has 1 aromatic heterocycles. The van der Waals surface area contributed by atoms with E-state index in [2.05, 4.69) is 24.1 Å². The van der Waals surface area contributed by atoms with Gasteiger partial charge in [-0.1, -0.05) is 51.2 Å². The number of hydrogen-bond acceptors (Lipinski definition) is 6. The molecule has 0 bridgehead atoms. The Morgan fingerprint density at radius 1 is 0.947 bits per heavy atom. The molecule has 0 saturated heterocycles. The number of fused-ring (bicyclic) bond motifs is 2. The van der Waals surface area contributed by atoms with Gasteiger partial charge in [-0.3, -0.25) is 19.5 Å². The van der Waals surface area contributed by atoms with E-state index in [9.17, 15) is 9.59 Å². The maximum Gasteiger partial charge on any atom is 0.261 e. The van der Waals surface area contributed by atoms with Crippen LogP contribution in [-0.2, 0) is 0 Å². The van der Waals surface area contributed by atoms with E-state index in [1.54, 1.807) is 37.6 Å². The number of ether oxygens (including phenoxy) is 2. The van der Waals surface area contributed by atoms with Crippen LogP contribution in [0.3, 0.4) is 0 Å². The van der Waals surface area contributed by atoms with Gasteiger partial charge in [0.05, 0.1) is 36.0 Å². The summed E-state index contributed by atoms with van der Waals surface area (Å²) in [5.41, 5.74) is 2.69. The number of methoxy groups -OCH3 is 1. The number of carbonyl (C=O) groups is 2. The lowest BCUT2D eigenvalue weighted by Gasteiger charge is -2.21. The summed E-state index contributed by atoms with van der Waals surface area (Å²) in [5.74, 6) is 0.996. The van der Waals surface area contributed by atoms with Gasteiger partial charge in [-0.25, -0.2) is 0 Å². The van der Waals surface area contributed by atoms with Crippen molar-refractivity contribution < 1.29 is 19.1 Å². The van der Waals surface area contributed by atoms with Crippen molar-refractivity contribution in [3.63, 3.8) is 0 Å². The van der Waals surface area contributed by atoms with Crippen LogP contribution in [0.15, 0.2) is 48.7 Å². The van der Waals surface area contributed by atoms with E-state index in [0.29, 0.717) is 36.4 Å². The van der Waals surface area contributed by atoms with Crippen molar-refractivity contribution in [3.8, 4) is 11.5 Å². The summed E-state index contributed by atoms with van der Waals surface area (Å²) >= 11 is 0. The summed E-state index contributed by atoms with van der Waals surface area (Å²) in [6, 6.07) is 13.0. The van der Waals surface area contributed by atoms with Crippen molar-refractivity contribution in [2.45, 2.75) is 71.3 Å². The van der Waals surface area contributed by atoms with E-state index >= 15 is 0 Å². The minimum absolute atomic E-state index is 0.0926. The molecule has 1 unspecified atom stereocenters. The molecule has 0 fully saturated rings. The van der Waals surface area contributed by atoms with Gasteiger partial charge in [-0.05, 0) is 50.5 Å².